The third-order valence-corrected chi connectivity index (χ3v) is 3.88. The molecular formula is C19H20N2O. The minimum Gasteiger partial charge on any atom is -0.399 e. The van der Waals surface area contributed by atoms with E-state index in [0.717, 1.165) is 17.7 Å². The molecule has 0 fully saturated rings. The summed E-state index contributed by atoms with van der Waals surface area (Å²) in [6.07, 6.45) is 2.63. The van der Waals surface area contributed by atoms with Crippen LogP contribution >= 0.6 is 0 Å². The average Bonchev–Trinajstić information content (AvgIpc) is 2.46. The Morgan fingerprint density at radius 3 is 2.55 bits per heavy atom. The number of fused-ring (bicyclic) bond motifs is 1. The summed E-state index contributed by atoms with van der Waals surface area (Å²) in [5, 5.41) is 3.48. The zero-order chi connectivity index (χ0) is 15.7. The van der Waals surface area contributed by atoms with E-state index >= 15 is 0 Å². The van der Waals surface area contributed by atoms with Crippen LogP contribution in [0.2, 0.25) is 0 Å². The SMILES string of the molecule is CC1(C)Cc2ccccc2/C(=C/C(=O)c2ccc(N)cc2)N1. The van der Waals surface area contributed by atoms with Crippen molar-refractivity contribution in [2.24, 2.45) is 0 Å². The van der Waals surface area contributed by atoms with Gasteiger partial charge in [0.15, 0.2) is 5.78 Å². The monoisotopic (exact) mass is 292 g/mol. The summed E-state index contributed by atoms with van der Waals surface area (Å²) in [5.74, 6) is -0.0185. The van der Waals surface area contributed by atoms with Gasteiger partial charge in [-0.25, -0.2) is 0 Å². The maximum atomic E-state index is 12.5. The molecule has 112 valence electrons. The van der Waals surface area contributed by atoms with E-state index in [1.165, 1.54) is 5.56 Å². The molecular weight excluding hydrogens is 272 g/mol. The molecule has 3 rings (SSSR count). The number of carbonyl (C=O) groups is 1. The second kappa shape index (κ2) is 5.34. The van der Waals surface area contributed by atoms with E-state index in [1.807, 2.05) is 12.1 Å². The minimum atomic E-state index is -0.0679. The third kappa shape index (κ3) is 2.89. The average molecular weight is 292 g/mol. The molecule has 0 radical (unpaired) electrons. The summed E-state index contributed by atoms with van der Waals surface area (Å²) in [4.78, 5) is 12.5. The summed E-state index contributed by atoms with van der Waals surface area (Å²) in [6.45, 7) is 4.29. The molecule has 0 amide bonds. The van der Waals surface area contributed by atoms with Crippen LogP contribution in [0.15, 0.2) is 54.6 Å². The van der Waals surface area contributed by atoms with Gasteiger partial charge in [-0.1, -0.05) is 24.3 Å². The van der Waals surface area contributed by atoms with Crippen molar-refractivity contribution in [3.63, 3.8) is 0 Å². The number of benzene rings is 2. The first-order valence-corrected chi connectivity index (χ1v) is 7.43. The Morgan fingerprint density at radius 1 is 1.14 bits per heavy atom. The highest BCUT2D eigenvalue weighted by Crippen LogP contribution is 2.29. The van der Waals surface area contributed by atoms with Crippen LogP contribution in [0, 0.1) is 0 Å². The third-order valence-electron chi connectivity index (χ3n) is 3.88. The number of allylic oxidation sites excluding steroid dienone is 1. The van der Waals surface area contributed by atoms with Crippen LogP contribution in [0.25, 0.3) is 5.70 Å². The fourth-order valence-electron chi connectivity index (χ4n) is 2.87. The fourth-order valence-corrected chi connectivity index (χ4v) is 2.87. The van der Waals surface area contributed by atoms with E-state index < -0.39 is 0 Å². The van der Waals surface area contributed by atoms with Gasteiger partial charge in [0.25, 0.3) is 0 Å². The quantitative estimate of drug-likeness (QED) is 0.506. The number of carbonyl (C=O) groups excluding carboxylic acids is 1. The lowest BCUT2D eigenvalue weighted by Gasteiger charge is -2.35. The highest BCUT2D eigenvalue weighted by molar-refractivity contribution is 6.08. The van der Waals surface area contributed by atoms with E-state index in [2.05, 4.69) is 31.3 Å². The van der Waals surface area contributed by atoms with Crippen molar-refractivity contribution < 1.29 is 4.79 Å². The van der Waals surface area contributed by atoms with Crippen LogP contribution in [0.3, 0.4) is 0 Å². The minimum absolute atomic E-state index is 0.0185. The van der Waals surface area contributed by atoms with E-state index in [0.29, 0.717) is 11.3 Å². The summed E-state index contributed by atoms with van der Waals surface area (Å²) < 4.78 is 0. The smallest absolute Gasteiger partial charge is 0.187 e. The molecule has 0 saturated heterocycles. The van der Waals surface area contributed by atoms with Crippen molar-refractivity contribution >= 4 is 17.2 Å². The van der Waals surface area contributed by atoms with Gasteiger partial charge in [-0.15, -0.1) is 0 Å². The molecule has 0 unspecified atom stereocenters. The number of hydrogen-bond acceptors (Lipinski definition) is 3. The van der Waals surface area contributed by atoms with Gasteiger partial charge >= 0.3 is 0 Å². The standard InChI is InChI=1S/C19H20N2O/c1-19(2)12-14-5-3-4-6-16(14)17(21-19)11-18(22)13-7-9-15(20)10-8-13/h3-11,21H,12,20H2,1-2H3/b17-11-. The first kappa shape index (κ1) is 14.4. The number of ketones is 1. The van der Waals surface area contributed by atoms with E-state index in [4.69, 9.17) is 5.73 Å². The summed E-state index contributed by atoms with van der Waals surface area (Å²) in [7, 11) is 0. The molecule has 3 heteroatoms. The van der Waals surface area contributed by atoms with E-state index in [1.54, 1.807) is 30.3 Å². The Hall–Kier alpha value is -2.55. The van der Waals surface area contributed by atoms with Crippen LogP contribution in [-0.2, 0) is 6.42 Å². The van der Waals surface area contributed by atoms with Gasteiger partial charge in [0, 0.05) is 34.1 Å². The fraction of sp³-hybridized carbons (Fsp3) is 0.211. The number of hydrogen-bond donors (Lipinski definition) is 2. The van der Waals surface area contributed by atoms with Crippen LogP contribution < -0.4 is 11.1 Å². The number of nitrogen functional groups attached to an aromatic ring is 1. The molecule has 1 aliphatic rings. The van der Waals surface area contributed by atoms with Crippen molar-refractivity contribution in [1.82, 2.24) is 5.32 Å². The van der Waals surface area contributed by atoms with Crippen LogP contribution in [-0.4, -0.2) is 11.3 Å². The molecule has 1 heterocycles. The maximum absolute atomic E-state index is 12.5. The van der Waals surface area contributed by atoms with Gasteiger partial charge in [0.1, 0.15) is 0 Å². The Kier molecular flexibility index (Phi) is 3.49. The highest BCUT2D eigenvalue weighted by Gasteiger charge is 2.27. The molecule has 2 aromatic carbocycles. The zero-order valence-corrected chi connectivity index (χ0v) is 12.9. The van der Waals surface area contributed by atoms with Gasteiger partial charge in [-0.2, -0.15) is 0 Å². The lowest BCUT2D eigenvalue weighted by atomic mass is 9.85. The molecule has 2 aromatic rings. The Morgan fingerprint density at radius 2 is 1.82 bits per heavy atom. The van der Waals surface area contributed by atoms with Gasteiger partial charge in [0.05, 0.1) is 0 Å². The van der Waals surface area contributed by atoms with Crippen molar-refractivity contribution in [2.45, 2.75) is 25.8 Å². The number of nitrogens with two attached hydrogens (primary N) is 1. The Bertz CT molecular complexity index is 742. The number of rotatable bonds is 2. The van der Waals surface area contributed by atoms with Crippen molar-refractivity contribution in [3.05, 3.63) is 71.3 Å². The number of anilines is 1. The van der Waals surface area contributed by atoms with Crippen molar-refractivity contribution in [1.29, 1.82) is 0 Å². The predicted octanol–water partition coefficient (Wildman–Crippen LogP) is 3.42. The van der Waals surface area contributed by atoms with E-state index in [9.17, 15) is 4.79 Å². The summed E-state index contributed by atoms with van der Waals surface area (Å²) >= 11 is 0. The van der Waals surface area contributed by atoms with Crippen molar-refractivity contribution in [3.8, 4) is 0 Å². The molecule has 0 spiro atoms. The second-order valence-electron chi connectivity index (χ2n) is 6.39. The largest absolute Gasteiger partial charge is 0.399 e. The van der Waals surface area contributed by atoms with Gasteiger partial charge in [-0.05, 0) is 50.1 Å². The van der Waals surface area contributed by atoms with Crippen molar-refractivity contribution in [2.75, 3.05) is 5.73 Å². The number of nitrogens with one attached hydrogen (secondary N) is 1. The maximum Gasteiger partial charge on any atom is 0.187 e. The molecule has 0 aromatic heterocycles. The molecule has 22 heavy (non-hydrogen) atoms. The highest BCUT2D eigenvalue weighted by atomic mass is 16.1. The second-order valence-corrected chi connectivity index (χ2v) is 6.39. The predicted molar refractivity (Wildman–Crippen MR) is 90.5 cm³/mol. The van der Waals surface area contributed by atoms with Gasteiger partial charge < -0.3 is 11.1 Å². The topological polar surface area (TPSA) is 55.1 Å². The first-order valence-electron chi connectivity index (χ1n) is 7.43. The zero-order valence-electron chi connectivity index (χ0n) is 12.9. The lowest BCUT2D eigenvalue weighted by Crippen LogP contribution is -2.43. The van der Waals surface area contributed by atoms with E-state index in [-0.39, 0.29) is 11.3 Å². The summed E-state index contributed by atoms with van der Waals surface area (Å²) in [5.41, 5.74) is 10.2. The molecule has 1 aliphatic heterocycles. The molecule has 0 atom stereocenters. The van der Waals surface area contributed by atoms with Crippen LogP contribution in [0.5, 0.6) is 0 Å². The molecule has 3 N–H and O–H groups in total. The van der Waals surface area contributed by atoms with Gasteiger partial charge in [0.2, 0.25) is 0 Å². The van der Waals surface area contributed by atoms with Gasteiger partial charge in [-0.3, -0.25) is 4.79 Å². The van der Waals surface area contributed by atoms with Crippen LogP contribution in [0.1, 0.15) is 35.3 Å². The Labute approximate surface area is 130 Å². The molecule has 0 bridgehead atoms. The molecule has 3 nitrogen and oxygen atoms in total. The lowest BCUT2D eigenvalue weighted by molar-refractivity contribution is 0.104. The van der Waals surface area contributed by atoms with Crippen LogP contribution in [0.4, 0.5) is 5.69 Å². The first-order chi connectivity index (χ1) is 10.4. The normalized spacial score (nSPS) is 17.6. The molecule has 0 aliphatic carbocycles. The summed E-state index contributed by atoms with van der Waals surface area (Å²) in [6, 6.07) is 15.2. The molecule has 0 saturated carbocycles. The Balaban J connectivity index is 1.99.